The van der Waals surface area contributed by atoms with Crippen LogP contribution in [0.5, 0.6) is 0 Å². The number of nitrogens with zero attached hydrogens (tertiary/aromatic N) is 1. The maximum Gasteiger partial charge on any atom is 0.0981 e. The van der Waals surface area contributed by atoms with E-state index in [4.69, 9.17) is 0 Å². The Morgan fingerprint density at radius 1 is 1.56 bits per heavy atom. The number of hydrogen-bond acceptors (Lipinski definition) is 3. The van der Waals surface area contributed by atoms with Gasteiger partial charge in [0.15, 0.2) is 0 Å². The van der Waals surface area contributed by atoms with Crippen molar-refractivity contribution in [1.29, 1.82) is 0 Å². The number of thiazole rings is 1. The molecule has 1 rings (SSSR count). The Hall–Kier alpha value is -0.670. The zero-order chi connectivity index (χ0) is 12.2. The molecule has 0 radical (unpaired) electrons. The molecule has 0 aliphatic carbocycles. The highest BCUT2D eigenvalue weighted by Gasteiger charge is 2.17. The predicted octanol–water partition coefficient (Wildman–Crippen LogP) is 3.49. The van der Waals surface area contributed by atoms with Gasteiger partial charge in [-0.1, -0.05) is 26.8 Å². The third kappa shape index (κ3) is 4.06. The van der Waals surface area contributed by atoms with Crippen molar-refractivity contribution in [2.24, 2.45) is 0 Å². The fourth-order valence-corrected chi connectivity index (χ4v) is 2.26. The van der Waals surface area contributed by atoms with Gasteiger partial charge in [-0.15, -0.1) is 17.9 Å². The highest BCUT2D eigenvalue weighted by Crippen LogP contribution is 2.26. The predicted molar refractivity (Wildman–Crippen MR) is 71.9 cm³/mol. The van der Waals surface area contributed by atoms with Gasteiger partial charge in [0, 0.05) is 29.1 Å². The maximum absolute atomic E-state index is 4.47. The average molecular weight is 238 g/mol. The molecule has 0 bridgehead atoms. The van der Waals surface area contributed by atoms with Gasteiger partial charge in [-0.25, -0.2) is 4.98 Å². The molecule has 0 saturated carbocycles. The van der Waals surface area contributed by atoms with Crippen molar-refractivity contribution in [3.8, 4) is 0 Å². The molecule has 1 aromatic rings. The molecular formula is C13H22N2S. The first-order valence-corrected chi connectivity index (χ1v) is 6.54. The van der Waals surface area contributed by atoms with E-state index < -0.39 is 0 Å². The van der Waals surface area contributed by atoms with E-state index in [0.717, 1.165) is 13.0 Å². The average Bonchev–Trinajstić information content (AvgIpc) is 2.63. The highest BCUT2D eigenvalue weighted by molar-refractivity contribution is 7.11. The lowest BCUT2D eigenvalue weighted by Crippen LogP contribution is -2.24. The van der Waals surface area contributed by atoms with Gasteiger partial charge in [0.05, 0.1) is 5.01 Å². The minimum atomic E-state index is 0.162. The quantitative estimate of drug-likeness (QED) is 0.794. The minimum absolute atomic E-state index is 0.162. The maximum atomic E-state index is 4.47. The topological polar surface area (TPSA) is 24.9 Å². The molecule has 1 aromatic heterocycles. The standard InChI is InChI=1S/C13H22N2S/c1-6-7-10(2)14-8-11-9-15-12(16-11)13(3,4)5/h6,9-10,14H,1,7-8H2,2-5H3. The summed E-state index contributed by atoms with van der Waals surface area (Å²) in [4.78, 5) is 5.78. The lowest BCUT2D eigenvalue weighted by atomic mass is 9.98. The molecule has 0 fully saturated rings. The summed E-state index contributed by atoms with van der Waals surface area (Å²) < 4.78 is 0. The second kappa shape index (κ2) is 5.60. The van der Waals surface area contributed by atoms with Gasteiger partial charge in [-0.3, -0.25) is 0 Å². The van der Waals surface area contributed by atoms with Gasteiger partial charge in [0.1, 0.15) is 0 Å². The van der Waals surface area contributed by atoms with Gasteiger partial charge in [0.2, 0.25) is 0 Å². The largest absolute Gasteiger partial charge is 0.309 e. The van der Waals surface area contributed by atoms with E-state index in [0.29, 0.717) is 6.04 Å². The second-order valence-corrected chi connectivity index (χ2v) is 6.30. The summed E-state index contributed by atoms with van der Waals surface area (Å²) in [6.07, 6.45) is 4.94. The highest BCUT2D eigenvalue weighted by atomic mass is 32.1. The fraction of sp³-hybridized carbons (Fsp3) is 0.615. The molecule has 1 heterocycles. The van der Waals surface area contributed by atoms with Crippen LogP contribution < -0.4 is 5.32 Å². The Kier molecular flexibility index (Phi) is 4.69. The van der Waals surface area contributed by atoms with E-state index in [9.17, 15) is 0 Å². The minimum Gasteiger partial charge on any atom is -0.309 e. The molecule has 0 aliphatic rings. The summed E-state index contributed by atoms with van der Waals surface area (Å²) in [5.74, 6) is 0. The Morgan fingerprint density at radius 3 is 2.75 bits per heavy atom. The van der Waals surface area contributed by atoms with Crippen molar-refractivity contribution in [3.05, 3.63) is 28.7 Å². The molecule has 0 saturated heterocycles. The molecule has 2 nitrogen and oxygen atoms in total. The van der Waals surface area contributed by atoms with Crippen LogP contribution in [0, 0.1) is 0 Å². The number of aromatic nitrogens is 1. The molecule has 1 unspecified atom stereocenters. The summed E-state index contributed by atoms with van der Waals surface area (Å²) in [6.45, 7) is 13.4. The van der Waals surface area contributed by atoms with Crippen molar-refractivity contribution < 1.29 is 0 Å². The van der Waals surface area contributed by atoms with Crippen LogP contribution in [-0.2, 0) is 12.0 Å². The third-order valence-corrected chi connectivity index (χ3v) is 3.76. The summed E-state index contributed by atoms with van der Waals surface area (Å²) in [6, 6.07) is 0.484. The van der Waals surface area contributed by atoms with Crippen LogP contribution in [0.1, 0.15) is 44.0 Å². The van der Waals surface area contributed by atoms with Crippen LogP contribution >= 0.6 is 11.3 Å². The van der Waals surface area contributed by atoms with Crippen LogP contribution in [-0.4, -0.2) is 11.0 Å². The van der Waals surface area contributed by atoms with E-state index in [-0.39, 0.29) is 5.41 Å². The van der Waals surface area contributed by atoms with Gasteiger partial charge in [0.25, 0.3) is 0 Å². The summed E-state index contributed by atoms with van der Waals surface area (Å²) in [5.41, 5.74) is 0.162. The summed E-state index contributed by atoms with van der Waals surface area (Å²) >= 11 is 1.80. The molecule has 90 valence electrons. The number of rotatable bonds is 5. The molecule has 3 heteroatoms. The van der Waals surface area contributed by atoms with E-state index in [2.05, 4.69) is 44.6 Å². The Balaban J connectivity index is 2.50. The Labute approximate surface area is 103 Å². The van der Waals surface area contributed by atoms with Crippen molar-refractivity contribution in [3.63, 3.8) is 0 Å². The molecule has 1 atom stereocenters. The molecule has 16 heavy (non-hydrogen) atoms. The van der Waals surface area contributed by atoms with Gasteiger partial charge < -0.3 is 5.32 Å². The van der Waals surface area contributed by atoms with Crippen molar-refractivity contribution in [1.82, 2.24) is 10.3 Å². The second-order valence-electron chi connectivity index (χ2n) is 5.19. The number of hydrogen-bond donors (Lipinski definition) is 1. The zero-order valence-electron chi connectivity index (χ0n) is 10.7. The van der Waals surface area contributed by atoms with E-state index >= 15 is 0 Å². The van der Waals surface area contributed by atoms with Crippen LogP contribution in [0.2, 0.25) is 0 Å². The molecule has 1 N–H and O–H groups in total. The third-order valence-electron chi connectivity index (χ3n) is 2.34. The normalized spacial score (nSPS) is 13.8. The summed E-state index contributed by atoms with van der Waals surface area (Å²) in [7, 11) is 0. The fourth-order valence-electron chi connectivity index (χ4n) is 1.34. The van der Waals surface area contributed by atoms with Crippen LogP contribution in [0.25, 0.3) is 0 Å². The van der Waals surface area contributed by atoms with Crippen LogP contribution in [0.4, 0.5) is 0 Å². The first-order chi connectivity index (χ1) is 7.43. The molecule has 0 spiro atoms. The smallest absolute Gasteiger partial charge is 0.0981 e. The van der Waals surface area contributed by atoms with Crippen molar-refractivity contribution in [2.45, 2.75) is 52.1 Å². The van der Waals surface area contributed by atoms with E-state index in [1.54, 1.807) is 11.3 Å². The van der Waals surface area contributed by atoms with Gasteiger partial charge >= 0.3 is 0 Å². The van der Waals surface area contributed by atoms with Crippen LogP contribution in [0.3, 0.4) is 0 Å². The van der Waals surface area contributed by atoms with E-state index in [1.807, 2.05) is 12.3 Å². The summed E-state index contributed by atoms with van der Waals surface area (Å²) in [5, 5.41) is 4.67. The molecule has 0 aliphatic heterocycles. The first-order valence-electron chi connectivity index (χ1n) is 5.73. The van der Waals surface area contributed by atoms with Crippen molar-refractivity contribution in [2.75, 3.05) is 0 Å². The lowest BCUT2D eigenvalue weighted by Gasteiger charge is -2.13. The SMILES string of the molecule is C=CCC(C)NCc1cnc(C(C)(C)C)s1. The number of nitrogens with one attached hydrogen (secondary N) is 1. The van der Waals surface area contributed by atoms with Crippen molar-refractivity contribution >= 4 is 11.3 Å². The van der Waals surface area contributed by atoms with Gasteiger partial charge in [-0.05, 0) is 13.3 Å². The molecule has 0 amide bonds. The molecule has 0 aromatic carbocycles. The van der Waals surface area contributed by atoms with E-state index in [1.165, 1.54) is 9.88 Å². The lowest BCUT2D eigenvalue weighted by molar-refractivity contribution is 0.557. The first kappa shape index (κ1) is 13.4. The monoisotopic (exact) mass is 238 g/mol. The zero-order valence-corrected chi connectivity index (χ0v) is 11.5. The molecular weight excluding hydrogens is 216 g/mol. The Morgan fingerprint density at radius 2 is 2.25 bits per heavy atom. The Bertz CT molecular complexity index is 336. The van der Waals surface area contributed by atoms with Gasteiger partial charge in [-0.2, -0.15) is 0 Å². The van der Waals surface area contributed by atoms with Crippen LogP contribution in [0.15, 0.2) is 18.9 Å².